The first-order valence-corrected chi connectivity index (χ1v) is 5.45. The van der Waals surface area contributed by atoms with Crippen LogP contribution in [0.4, 0.5) is 5.82 Å². The molecule has 2 N–H and O–H groups in total. The van der Waals surface area contributed by atoms with Crippen LogP contribution in [0.2, 0.25) is 5.02 Å². The predicted octanol–water partition coefficient (Wildman–Crippen LogP) is 2.86. The number of anilines is 1. The Hall–Kier alpha value is -1.26. The molecule has 0 aliphatic heterocycles. The molecule has 0 bridgehead atoms. The van der Waals surface area contributed by atoms with Crippen LogP contribution in [0.1, 0.15) is 0 Å². The minimum absolute atomic E-state index is 0.493. The second-order valence-electron chi connectivity index (χ2n) is 2.81. The average Bonchev–Trinajstić information content (AvgIpc) is 2.22. The lowest BCUT2D eigenvalue weighted by molar-refractivity contribution is 1.13. The van der Waals surface area contributed by atoms with Crippen LogP contribution in [-0.2, 0) is 0 Å². The first-order chi connectivity index (χ1) is 7.25. The number of rotatable bonds is 2. The highest BCUT2D eigenvalue weighted by molar-refractivity contribution is 7.99. The van der Waals surface area contributed by atoms with Crippen molar-refractivity contribution in [1.82, 2.24) is 9.97 Å². The number of pyridine rings is 2. The van der Waals surface area contributed by atoms with E-state index in [2.05, 4.69) is 9.97 Å². The Labute approximate surface area is 96.7 Å². The van der Waals surface area contributed by atoms with Gasteiger partial charge in [-0.3, -0.25) is 0 Å². The Morgan fingerprint density at radius 3 is 2.80 bits per heavy atom. The zero-order valence-corrected chi connectivity index (χ0v) is 9.29. The minimum Gasteiger partial charge on any atom is -0.384 e. The van der Waals surface area contributed by atoms with Crippen LogP contribution in [0.25, 0.3) is 0 Å². The topological polar surface area (TPSA) is 51.8 Å². The molecule has 0 saturated heterocycles. The van der Waals surface area contributed by atoms with Gasteiger partial charge in [-0.2, -0.15) is 0 Å². The number of aromatic nitrogens is 2. The smallest absolute Gasteiger partial charge is 0.124 e. The molecule has 0 atom stereocenters. The van der Waals surface area contributed by atoms with Crippen molar-refractivity contribution < 1.29 is 0 Å². The summed E-state index contributed by atoms with van der Waals surface area (Å²) in [5.74, 6) is 0.493. The Morgan fingerprint density at radius 2 is 2.07 bits per heavy atom. The van der Waals surface area contributed by atoms with E-state index in [0.717, 1.165) is 9.92 Å². The molecule has 0 radical (unpaired) electrons. The number of nitrogen functional groups attached to an aromatic ring is 1. The maximum absolute atomic E-state index is 5.98. The molecule has 0 aliphatic carbocycles. The molecule has 0 aliphatic rings. The third-order valence-electron chi connectivity index (χ3n) is 1.69. The number of nitrogens with two attached hydrogens (primary N) is 1. The molecule has 2 rings (SSSR count). The summed E-state index contributed by atoms with van der Waals surface area (Å²) in [7, 11) is 0. The third kappa shape index (κ3) is 2.61. The summed E-state index contributed by atoms with van der Waals surface area (Å²) >= 11 is 7.45. The predicted molar refractivity (Wildman–Crippen MR) is 62.0 cm³/mol. The highest BCUT2D eigenvalue weighted by Gasteiger charge is 2.03. The van der Waals surface area contributed by atoms with E-state index in [4.69, 9.17) is 17.3 Å². The average molecular weight is 238 g/mol. The first-order valence-electron chi connectivity index (χ1n) is 4.25. The van der Waals surface area contributed by atoms with Crippen molar-refractivity contribution >= 4 is 29.2 Å². The highest BCUT2D eigenvalue weighted by atomic mass is 35.5. The maximum Gasteiger partial charge on any atom is 0.124 e. The third-order valence-corrected chi connectivity index (χ3v) is 3.12. The van der Waals surface area contributed by atoms with Crippen LogP contribution in [0.15, 0.2) is 46.6 Å². The van der Waals surface area contributed by atoms with E-state index in [1.165, 1.54) is 11.8 Å². The Balaban J connectivity index is 2.26. The molecule has 0 amide bonds. The lowest BCUT2D eigenvalue weighted by atomic mass is 10.5. The van der Waals surface area contributed by atoms with Gasteiger partial charge in [-0.1, -0.05) is 23.4 Å². The molecule has 0 fully saturated rings. The van der Waals surface area contributed by atoms with Crippen molar-refractivity contribution in [3.63, 3.8) is 0 Å². The van der Waals surface area contributed by atoms with Gasteiger partial charge in [-0.15, -0.1) is 0 Å². The fourth-order valence-electron chi connectivity index (χ4n) is 1.05. The molecule has 0 saturated carbocycles. The summed E-state index contributed by atoms with van der Waals surface area (Å²) in [5.41, 5.74) is 5.57. The van der Waals surface area contributed by atoms with Crippen molar-refractivity contribution in [2.45, 2.75) is 9.92 Å². The van der Waals surface area contributed by atoms with Crippen molar-refractivity contribution in [3.05, 3.63) is 41.7 Å². The zero-order chi connectivity index (χ0) is 10.7. The second-order valence-corrected chi connectivity index (χ2v) is 4.28. The Kier molecular flexibility index (Phi) is 3.08. The number of nitrogens with zero attached hydrogens (tertiary/aromatic N) is 2. The monoisotopic (exact) mass is 237 g/mol. The van der Waals surface area contributed by atoms with Crippen LogP contribution in [-0.4, -0.2) is 9.97 Å². The highest BCUT2D eigenvalue weighted by Crippen LogP contribution is 2.31. The molecular weight excluding hydrogens is 230 g/mol. The van der Waals surface area contributed by atoms with Crippen LogP contribution in [0.5, 0.6) is 0 Å². The lowest BCUT2D eigenvalue weighted by Crippen LogP contribution is -1.88. The maximum atomic E-state index is 5.98. The van der Waals surface area contributed by atoms with Gasteiger partial charge in [-0.25, -0.2) is 9.97 Å². The second kappa shape index (κ2) is 4.51. The van der Waals surface area contributed by atoms with Crippen LogP contribution in [0.3, 0.4) is 0 Å². The van der Waals surface area contributed by atoms with Gasteiger partial charge < -0.3 is 5.73 Å². The normalized spacial score (nSPS) is 10.2. The number of hydrogen-bond donors (Lipinski definition) is 1. The fraction of sp³-hybridized carbons (Fsp3) is 0. The first kappa shape index (κ1) is 10.3. The fourth-order valence-corrected chi connectivity index (χ4v) is 2.10. The van der Waals surface area contributed by atoms with Gasteiger partial charge in [0.15, 0.2) is 0 Å². The SMILES string of the molecule is Nc1cc(Sc2ncccc2Cl)ccn1. The molecule has 0 unspecified atom stereocenters. The molecule has 76 valence electrons. The summed E-state index contributed by atoms with van der Waals surface area (Å²) in [6.07, 6.45) is 3.37. The van der Waals surface area contributed by atoms with E-state index >= 15 is 0 Å². The summed E-state index contributed by atoms with van der Waals surface area (Å²) in [5, 5.41) is 1.41. The van der Waals surface area contributed by atoms with E-state index in [1.54, 1.807) is 30.6 Å². The molecule has 2 heterocycles. The van der Waals surface area contributed by atoms with Crippen LogP contribution in [0, 0.1) is 0 Å². The van der Waals surface area contributed by atoms with E-state index < -0.39 is 0 Å². The molecule has 2 aromatic rings. The van der Waals surface area contributed by atoms with Crippen LogP contribution < -0.4 is 5.73 Å². The quantitative estimate of drug-likeness (QED) is 0.873. The lowest BCUT2D eigenvalue weighted by Gasteiger charge is -2.02. The van der Waals surface area contributed by atoms with Crippen LogP contribution >= 0.6 is 23.4 Å². The number of halogens is 1. The molecule has 2 aromatic heterocycles. The summed E-state index contributed by atoms with van der Waals surface area (Å²) < 4.78 is 0. The molecule has 15 heavy (non-hydrogen) atoms. The van der Waals surface area contributed by atoms with Gasteiger partial charge in [0.2, 0.25) is 0 Å². The van der Waals surface area contributed by atoms with E-state index in [1.807, 2.05) is 6.07 Å². The van der Waals surface area contributed by atoms with E-state index in [9.17, 15) is 0 Å². The number of hydrogen-bond acceptors (Lipinski definition) is 4. The Bertz CT molecular complexity index is 476. The Morgan fingerprint density at radius 1 is 1.20 bits per heavy atom. The summed E-state index contributed by atoms with van der Waals surface area (Å²) in [4.78, 5) is 9.06. The summed E-state index contributed by atoms with van der Waals surface area (Å²) in [6, 6.07) is 7.26. The van der Waals surface area contributed by atoms with Gasteiger partial charge in [0.25, 0.3) is 0 Å². The largest absolute Gasteiger partial charge is 0.384 e. The van der Waals surface area contributed by atoms with Crippen molar-refractivity contribution in [2.24, 2.45) is 0 Å². The molecule has 3 nitrogen and oxygen atoms in total. The van der Waals surface area contributed by atoms with Gasteiger partial charge in [-0.05, 0) is 24.3 Å². The zero-order valence-electron chi connectivity index (χ0n) is 7.72. The molecule has 0 spiro atoms. The van der Waals surface area contributed by atoms with Crippen molar-refractivity contribution in [1.29, 1.82) is 0 Å². The van der Waals surface area contributed by atoms with Crippen molar-refractivity contribution in [2.75, 3.05) is 5.73 Å². The standard InChI is InChI=1S/C10H8ClN3S/c11-8-2-1-4-14-10(8)15-7-3-5-13-9(12)6-7/h1-6H,(H2,12,13). The van der Waals surface area contributed by atoms with Gasteiger partial charge in [0.05, 0.1) is 5.02 Å². The van der Waals surface area contributed by atoms with E-state index in [-0.39, 0.29) is 0 Å². The molecule has 5 heteroatoms. The van der Waals surface area contributed by atoms with E-state index in [0.29, 0.717) is 10.8 Å². The summed E-state index contributed by atoms with van der Waals surface area (Å²) in [6.45, 7) is 0. The minimum atomic E-state index is 0.493. The van der Waals surface area contributed by atoms with Gasteiger partial charge >= 0.3 is 0 Å². The van der Waals surface area contributed by atoms with Gasteiger partial charge in [0.1, 0.15) is 10.8 Å². The van der Waals surface area contributed by atoms with Gasteiger partial charge in [0, 0.05) is 17.3 Å². The molecule has 0 aromatic carbocycles. The van der Waals surface area contributed by atoms with Crippen molar-refractivity contribution in [3.8, 4) is 0 Å². The molecular formula is C10H8ClN3S.